The van der Waals surface area contributed by atoms with Crippen molar-refractivity contribution in [1.82, 2.24) is 10.3 Å². The number of hydrogen-bond donors (Lipinski definition) is 1. The molecule has 1 aliphatic rings. The predicted molar refractivity (Wildman–Crippen MR) is 83.2 cm³/mol. The molecule has 1 aliphatic carbocycles. The van der Waals surface area contributed by atoms with Gasteiger partial charge < -0.3 is 15.0 Å². The fourth-order valence-corrected chi connectivity index (χ4v) is 2.22. The molecule has 112 valence electrons. The van der Waals surface area contributed by atoms with Gasteiger partial charge >= 0.3 is 0 Å². The third-order valence-corrected chi connectivity index (χ3v) is 3.69. The second kappa shape index (κ2) is 7.60. The van der Waals surface area contributed by atoms with Gasteiger partial charge in [0.15, 0.2) is 0 Å². The summed E-state index contributed by atoms with van der Waals surface area (Å²) in [6, 6.07) is 5.18. The van der Waals surface area contributed by atoms with E-state index in [1.54, 1.807) is 7.11 Å². The Labute approximate surface area is 122 Å². The molecule has 4 heteroatoms. The second-order valence-corrected chi connectivity index (χ2v) is 5.60. The molecule has 1 saturated carbocycles. The number of hydrogen-bond acceptors (Lipinski definition) is 4. The second-order valence-electron chi connectivity index (χ2n) is 5.60. The van der Waals surface area contributed by atoms with Crippen LogP contribution in [-0.4, -0.2) is 38.3 Å². The molecule has 1 fully saturated rings. The summed E-state index contributed by atoms with van der Waals surface area (Å²) in [4.78, 5) is 6.95. The third kappa shape index (κ3) is 4.76. The van der Waals surface area contributed by atoms with Crippen LogP contribution in [0.2, 0.25) is 0 Å². The lowest BCUT2D eigenvalue weighted by Crippen LogP contribution is -2.22. The molecule has 1 aromatic rings. The number of methoxy groups -OCH3 is 1. The van der Waals surface area contributed by atoms with Crippen molar-refractivity contribution in [3.05, 3.63) is 23.4 Å². The largest absolute Gasteiger partial charge is 0.385 e. The van der Waals surface area contributed by atoms with Crippen LogP contribution in [0, 0.1) is 0 Å². The van der Waals surface area contributed by atoms with Gasteiger partial charge in [-0.1, -0.05) is 6.92 Å². The van der Waals surface area contributed by atoms with Crippen LogP contribution in [0.15, 0.2) is 12.1 Å². The molecular formula is C16H27N3O. The molecule has 20 heavy (non-hydrogen) atoms. The number of ether oxygens (including phenoxy) is 1. The van der Waals surface area contributed by atoms with Crippen LogP contribution in [0.1, 0.15) is 37.4 Å². The van der Waals surface area contributed by atoms with Gasteiger partial charge in [-0.3, -0.25) is 0 Å². The molecule has 0 aromatic carbocycles. The highest BCUT2D eigenvalue weighted by Gasteiger charge is 2.20. The van der Waals surface area contributed by atoms with Crippen molar-refractivity contribution >= 4 is 5.82 Å². The highest BCUT2D eigenvalue weighted by atomic mass is 16.5. The fourth-order valence-electron chi connectivity index (χ4n) is 2.22. The maximum Gasteiger partial charge on any atom is 0.128 e. The minimum atomic E-state index is 0.746. The Morgan fingerprint density at radius 3 is 2.85 bits per heavy atom. The minimum Gasteiger partial charge on any atom is -0.385 e. The van der Waals surface area contributed by atoms with E-state index < -0.39 is 0 Å². The first kappa shape index (κ1) is 15.3. The number of aromatic nitrogens is 1. The van der Waals surface area contributed by atoms with E-state index in [4.69, 9.17) is 9.72 Å². The molecule has 0 radical (unpaired) electrons. The van der Waals surface area contributed by atoms with Crippen LogP contribution < -0.4 is 10.2 Å². The summed E-state index contributed by atoms with van der Waals surface area (Å²) in [6.07, 6.45) is 4.67. The lowest BCUT2D eigenvalue weighted by atomic mass is 10.2. The van der Waals surface area contributed by atoms with Gasteiger partial charge in [0.25, 0.3) is 0 Å². The Bertz CT molecular complexity index is 418. The average Bonchev–Trinajstić information content (AvgIpc) is 3.29. The van der Waals surface area contributed by atoms with Crippen molar-refractivity contribution in [3.63, 3.8) is 0 Å². The summed E-state index contributed by atoms with van der Waals surface area (Å²) < 4.78 is 5.11. The van der Waals surface area contributed by atoms with Gasteiger partial charge in [-0.2, -0.15) is 0 Å². The van der Waals surface area contributed by atoms with E-state index in [9.17, 15) is 0 Å². The molecule has 0 spiro atoms. The monoisotopic (exact) mass is 277 g/mol. The van der Waals surface area contributed by atoms with Gasteiger partial charge in [-0.15, -0.1) is 0 Å². The van der Waals surface area contributed by atoms with Gasteiger partial charge in [0.05, 0.1) is 0 Å². The Balaban J connectivity index is 1.99. The number of rotatable bonds is 9. The summed E-state index contributed by atoms with van der Waals surface area (Å²) in [6.45, 7) is 4.89. The molecule has 2 rings (SSSR count). The predicted octanol–water partition coefficient (Wildman–Crippen LogP) is 2.37. The Kier molecular flexibility index (Phi) is 5.80. The molecule has 0 unspecified atom stereocenters. The number of pyridine rings is 1. The molecule has 1 N–H and O–H groups in total. The van der Waals surface area contributed by atoms with Crippen molar-refractivity contribution in [1.29, 1.82) is 0 Å². The van der Waals surface area contributed by atoms with Crippen molar-refractivity contribution in [2.45, 2.75) is 45.2 Å². The zero-order chi connectivity index (χ0) is 14.4. The number of aryl methyl sites for hydroxylation is 1. The molecule has 0 bridgehead atoms. The maximum atomic E-state index is 5.11. The first-order valence-corrected chi connectivity index (χ1v) is 7.66. The molecule has 0 aliphatic heterocycles. The number of nitrogens with one attached hydrogen (secondary N) is 1. The van der Waals surface area contributed by atoms with E-state index in [1.807, 2.05) is 0 Å². The summed E-state index contributed by atoms with van der Waals surface area (Å²) in [7, 11) is 3.85. The summed E-state index contributed by atoms with van der Waals surface area (Å²) in [5, 5.41) is 3.58. The van der Waals surface area contributed by atoms with Crippen molar-refractivity contribution in [3.8, 4) is 0 Å². The summed E-state index contributed by atoms with van der Waals surface area (Å²) in [5.74, 6) is 1.08. The van der Waals surface area contributed by atoms with E-state index in [0.29, 0.717) is 0 Å². The quantitative estimate of drug-likeness (QED) is 0.703. The van der Waals surface area contributed by atoms with Crippen LogP contribution in [0.3, 0.4) is 0 Å². The first-order chi connectivity index (χ1) is 9.72. The Morgan fingerprint density at radius 1 is 1.40 bits per heavy atom. The molecule has 0 saturated heterocycles. The Morgan fingerprint density at radius 2 is 2.20 bits per heavy atom. The molecule has 0 atom stereocenters. The molecule has 0 amide bonds. The minimum absolute atomic E-state index is 0.746. The first-order valence-electron chi connectivity index (χ1n) is 7.66. The lowest BCUT2D eigenvalue weighted by Gasteiger charge is -2.20. The van der Waals surface area contributed by atoms with Crippen molar-refractivity contribution < 1.29 is 4.74 Å². The molecule has 1 aromatic heterocycles. The van der Waals surface area contributed by atoms with Crippen LogP contribution in [0.4, 0.5) is 5.82 Å². The van der Waals surface area contributed by atoms with Crippen LogP contribution in [0.5, 0.6) is 0 Å². The van der Waals surface area contributed by atoms with Gasteiger partial charge in [-0.25, -0.2) is 4.98 Å². The van der Waals surface area contributed by atoms with E-state index in [2.05, 4.69) is 36.3 Å². The smallest absolute Gasteiger partial charge is 0.128 e. The standard InChI is InChI=1S/C16H27N3O/c1-4-14-10-13(12-17-15-6-7-15)11-16(18-14)19(2)8-5-9-20-3/h10-11,15,17H,4-9,12H2,1-3H3. The zero-order valence-electron chi connectivity index (χ0n) is 13.0. The topological polar surface area (TPSA) is 37.4 Å². The highest BCUT2D eigenvalue weighted by Crippen LogP contribution is 2.20. The van der Waals surface area contributed by atoms with Gasteiger partial charge in [0.1, 0.15) is 5.82 Å². The maximum absolute atomic E-state index is 5.11. The van der Waals surface area contributed by atoms with E-state index in [1.165, 1.54) is 24.1 Å². The van der Waals surface area contributed by atoms with E-state index in [0.717, 1.165) is 44.4 Å². The van der Waals surface area contributed by atoms with Crippen molar-refractivity contribution in [2.24, 2.45) is 0 Å². The molecule has 1 heterocycles. The molecular weight excluding hydrogens is 250 g/mol. The third-order valence-electron chi connectivity index (χ3n) is 3.69. The highest BCUT2D eigenvalue weighted by molar-refractivity contribution is 5.42. The van der Waals surface area contributed by atoms with Crippen LogP contribution in [0.25, 0.3) is 0 Å². The van der Waals surface area contributed by atoms with E-state index in [-0.39, 0.29) is 0 Å². The van der Waals surface area contributed by atoms with Crippen molar-refractivity contribution in [2.75, 3.05) is 32.2 Å². The van der Waals surface area contributed by atoms with Crippen LogP contribution >= 0.6 is 0 Å². The number of anilines is 1. The lowest BCUT2D eigenvalue weighted by molar-refractivity contribution is 0.196. The average molecular weight is 277 g/mol. The summed E-state index contributed by atoms with van der Waals surface area (Å²) in [5.41, 5.74) is 2.52. The fraction of sp³-hybridized carbons (Fsp3) is 0.688. The normalized spacial score (nSPS) is 14.6. The summed E-state index contributed by atoms with van der Waals surface area (Å²) >= 11 is 0. The number of nitrogens with zero attached hydrogens (tertiary/aromatic N) is 2. The van der Waals surface area contributed by atoms with Gasteiger partial charge in [0, 0.05) is 45.6 Å². The zero-order valence-corrected chi connectivity index (χ0v) is 13.0. The van der Waals surface area contributed by atoms with E-state index >= 15 is 0 Å². The SMILES string of the molecule is CCc1cc(CNC2CC2)cc(N(C)CCCOC)n1. The molecule has 4 nitrogen and oxygen atoms in total. The van der Waals surface area contributed by atoms with Crippen LogP contribution in [-0.2, 0) is 17.7 Å². The van der Waals surface area contributed by atoms with Gasteiger partial charge in [-0.05, 0) is 43.4 Å². The Hall–Kier alpha value is -1.13. The van der Waals surface area contributed by atoms with Gasteiger partial charge in [0.2, 0.25) is 0 Å².